The van der Waals surface area contributed by atoms with E-state index >= 15 is 0 Å². The number of nitro groups is 1. The molecule has 0 fully saturated rings. The zero-order valence-corrected chi connectivity index (χ0v) is 14.9. The third-order valence-corrected chi connectivity index (χ3v) is 4.27. The Morgan fingerprint density at radius 2 is 2.04 bits per heavy atom. The van der Waals surface area contributed by atoms with Gasteiger partial charge in [0.2, 0.25) is 0 Å². The van der Waals surface area contributed by atoms with E-state index in [1.807, 2.05) is 0 Å². The predicted octanol–water partition coefficient (Wildman–Crippen LogP) is 3.85. The van der Waals surface area contributed by atoms with Crippen LogP contribution in [-0.4, -0.2) is 32.6 Å². The maximum atomic E-state index is 13.9. The van der Waals surface area contributed by atoms with E-state index in [4.69, 9.17) is 11.6 Å². The Morgan fingerprint density at radius 1 is 1.30 bits per heavy atom. The number of hydrogen-bond acceptors (Lipinski definition) is 4. The second-order valence-electron chi connectivity index (χ2n) is 5.78. The third-order valence-electron chi connectivity index (χ3n) is 3.92. The van der Waals surface area contributed by atoms with Gasteiger partial charge < -0.3 is 4.90 Å². The first-order chi connectivity index (χ1) is 12.9. The van der Waals surface area contributed by atoms with Gasteiger partial charge in [0.05, 0.1) is 17.2 Å². The molecule has 27 heavy (non-hydrogen) atoms. The molecule has 7 nitrogen and oxygen atoms in total. The number of halogens is 2. The SMILES string of the molecule is CN(Cc1c(F)cccc1Cl)C(=O)c1ccn(-c2cccc([N+](=O)[O-])c2)n1. The largest absolute Gasteiger partial charge is 0.336 e. The summed E-state index contributed by atoms with van der Waals surface area (Å²) in [5.74, 6) is -0.928. The number of nitrogens with zero attached hydrogens (tertiary/aromatic N) is 4. The van der Waals surface area contributed by atoms with Crippen LogP contribution >= 0.6 is 11.6 Å². The van der Waals surface area contributed by atoms with Crippen LogP contribution in [0.5, 0.6) is 0 Å². The molecule has 0 bridgehead atoms. The Hall–Kier alpha value is -3.26. The lowest BCUT2D eigenvalue weighted by molar-refractivity contribution is -0.384. The Bertz CT molecular complexity index is 1000. The second-order valence-corrected chi connectivity index (χ2v) is 6.19. The molecule has 0 saturated carbocycles. The summed E-state index contributed by atoms with van der Waals surface area (Å²) in [5.41, 5.74) is 0.704. The van der Waals surface area contributed by atoms with Crippen molar-refractivity contribution < 1.29 is 14.1 Å². The highest BCUT2D eigenvalue weighted by atomic mass is 35.5. The molecule has 2 aromatic carbocycles. The average Bonchev–Trinajstić information content (AvgIpc) is 3.14. The van der Waals surface area contributed by atoms with Crippen LogP contribution in [0.3, 0.4) is 0 Å². The Balaban J connectivity index is 1.80. The third kappa shape index (κ3) is 3.95. The van der Waals surface area contributed by atoms with E-state index in [-0.39, 0.29) is 28.5 Å². The number of hydrogen-bond donors (Lipinski definition) is 0. The second kappa shape index (κ2) is 7.55. The van der Waals surface area contributed by atoms with Crippen LogP contribution in [0.25, 0.3) is 5.69 Å². The van der Waals surface area contributed by atoms with E-state index in [0.29, 0.717) is 5.69 Å². The minimum atomic E-state index is -0.509. The van der Waals surface area contributed by atoms with Crippen molar-refractivity contribution in [1.29, 1.82) is 0 Å². The van der Waals surface area contributed by atoms with Crippen molar-refractivity contribution in [3.8, 4) is 5.69 Å². The molecule has 3 rings (SSSR count). The summed E-state index contributed by atoms with van der Waals surface area (Å²) in [7, 11) is 1.51. The van der Waals surface area contributed by atoms with Gasteiger partial charge in [0.1, 0.15) is 5.82 Å². The molecule has 138 valence electrons. The van der Waals surface area contributed by atoms with Gasteiger partial charge in [-0.1, -0.05) is 23.7 Å². The Kier molecular flexibility index (Phi) is 5.18. The van der Waals surface area contributed by atoms with Gasteiger partial charge in [-0.25, -0.2) is 9.07 Å². The summed E-state index contributed by atoms with van der Waals surface area (Å²) in [6, 6.07) is 11.7. The fraction of sp³-hybridized carbons (Fsp3) is 0.111. The molecule has 0 spiro atoms. The first-order valence-corrected chi connectivity index (χ1v) is 8.23. The van der Waals surface area contributed by atoms with E-state index in [0.717, 1.165) is 0 Å². The van der Waals surface area contributed by atoms with Gasteiger partial charge in [-0.2, -0.15) is 5.10 Å². The number of carbonyl (C=O) groups excluding carboxylic acids is 1. The number of amides is 1. The monoisotopic (exact) mass is 388 g/mol. The highest BCUT2D eigenvalue weighted by molar-refractivity contribution is 6.31. The molecule has 0 radical (unpaired) electrons. The first-order valence-electron chi connectivity index (χ1n) is 7.85. The van der Waals surface area contributed by atoms with E-state index in [1.54, 1.807) is 12.1 Å². The molecule has 0 N–H and O–H groups in total. The van der Waals surface area contributed by atoms with Gasteiger partial charge in [0, 0.05) is 36.0 Å². The van der Waals surface area contributed by atoms with Crippen molar-refractivity contribution in [2.75, 3.05) is 7.05 Å². The van der Waals surface area contributed by atoms with E-state index in [1.165, 1.54) is 59.2 Å². The van der Waals surface area contributed by atoms with Crippen molar-refractivity contribution in [3.63, 3.8) is 0 Å². The lowest BCUT2D eigenvalue weighted by Gasteiger charge is -2.17. The van der Waals surface area contributed by atoms with Crippen LogP contribution in [0.4, 0.5) is 10.1 Å². The van der Waals surface area contributed by atoms with Crippen LogP contribution in [0, 0.1) is 15.9 Å². The van der Waals surface area contributed by atoms with E-state index in [9.17, 15) is 19.3 Å². The smallest absolute Gasteiger partial charge is 0.274 e. The van der Waals surface area contributed by atoms with Crippen molar-refractivity contribution in [2.45, 2.75) is 6.54 Å². The molecule has 0 aliphatic heterocycles. The summed E-state index contributed by atoms with van der Waals surface area (Å²) in [6.45, 7) is -0.0198. The zero-order valence-electron chi connectivity index (χ0n) is 14.2. The van der Waals surface area contributed by atoms with Gasteiger partial charge in [-0.3, -0.25) is 14.9 Å². The summed E-state index contributed by atoms with van der Waals surface area (Å²) in [6.07, 6.45) is 1.52. The van der Waals surface area contributed by atoms with Gasteiger partial charge >= 0.3 is 0 Å². The van der Waals surface area contributed by atoms with E-state index in [2.05, 4.69) is 5.10 Å². The maximum absolute atomic E-state index is 13.9. The number of rotatable bonds is 5. The molecule has 0 atom stereocenters. The number of carbonyl (C=O) groups is 1. The van der Waals surface area contributed by atoms with Crippen molar-refractivity contribution in [3.05, 3.63) is 86.9 Å². The van der Waals surface area contributed by atoms with Gasteiger partial charge in [-0.15, -0.1) is 0 Å². The van der Waals surface area contributed by atoms with Crippen LogP contribution in [0.2, 0.25) is 5.02 Å². The topological polar surface area (TPSA) is 81.3 Å². The summed E-state index contributed by atoms with van der Waals surface area (Å²) in [4.78, 5) is 24.2. The molecule has 1 amide bonds. The fourth-order valence-corrected chi connectivity index (χ4v) is 2.74. The van der Waals surface area contributed by atoms with Crippen LogP contribution in [0.15, 0.2) is 54.7 Å². The molecule has 0 aliphatic carbocycles. The van der Waals surface area contributed by atoms with E-state index < -0.39 is 16.6 Å². The predicted molar refractivity (Wildman–Crippen MR) is 97.4 cm³/mol. The van der Waals surface area contributed by atoms with Crippen LogP contribution in [0.1, 0.15) is 16.1 Å². The van der Waals surface area contributed by atoms with Crippen LogP contribution in [-0.2, 0) is 6.54 Å². The first kappa shape index (κ1) is 18.5. The lowest BCUT2D eigenvalue weighted by atomic mass is 10.2. The number of benzene rings is 2. The summed E-state index contributed by atoms with van der Waals surface area (Å²) < 4.78 is 15.3. The quantitative estimate of drug-likeness (QED) is 0.491. The molecule has 0 saturated heterocycles. The highest BCUT2D eigenvalue weighted by Crippen LogP contribution is 2.21. The summed E-state index contributed by atoms with van der Waals surface area (Å²) >= 11 is 6.00. The molecule has 9 heteroatoms. The van der Waals surface area contributed by atoms with Crippen molar-refractivity contribution in [1.82, 2.24) is 14.7 Å². The fourth-order valence-electron chi connectivity index (χ4n) is 2.52. The number of aromatic nitrogens is 2. The van der Waals surface area contributed by atoms with Crippen LogP contribution < -0.4 is 0 Å². The normalized spacial score (nSPS) is 10.6. The van der Waals surface area contributed by atoms with Crippen molar-refractivity contribution >= 4 is 23.2 Å². The average molecular weight is 389 g/mol. The van der Waals surface area contributed by atoms with Crippen molar-refractivity contribution in [2.24, 2.45) is 0 Å². The van der Waals surface area contributed by atoms with Gasteiger partial charge in [-0.05, 0) is 24.3 Å². The lowest BCUT2D eigenvalue weighted by Crippen LogP contribution is -2.27. The Morgan fingerprint density at radius 3 is 2.74 bits per heavy atom. The summed E-state index contributed by atoms with van der Waals surface area (Å²) in [5, 5.41) is 15.3. The Labute approximate surface area is 158 Å². The van der Waals surface area contributed by atoms with Gasteiger partial charge in [0.25, 0.3) is 11.6 Å². The highest BCUT2D eigenvalue weighted by Gasteiger charge is 2.18. The molecule has 0 aliphatic rings. The molecule has 3 aromatic rings. The molecule has 1 aromatic heterocycles. The molecular weight excluding hydrogens is 375 g/mol. The number of nitro benzene ring substituents is 1. The van der Waals surface area contributed by atoms with Gasteiger partial charge in [0.15, 0.2) is 5.69 Å². The maximum Gasteiger partial charge on any atom is 0.274 e. The zero-order chi connectivity index (χ0) is 19.6. The molecule has 0 unspecified atom stereocenters. The molecular formula is C18H14ClFN4O3. The number of non-ortho nitro benzene ring substituents is 1. The standard InChI is InChI=1S/C18H14ClFN4O3/c1-22(11-14-15(19)6-3-7-16(14)20)18(25)17-8-9-23(21-17)12-4-2-5-13(10-12)24(26)27/h2-10H,11H2,1H3. The molecule has 1 heterocycles. The minimum Gasteiger partial charge on any atom is -0.336 e. The minimum absolute atomic E-state index is 0.0198.